The predicted molar refractivity (Wildman–Crippen MR) is 120 cm³/mol. The van der Waals surface area contributed by atoms with Crippen molar-refractivity contribution in [3.63, 3.8) is 0 Å². The van der Waals surface area contributed by atoms with E-state index in [0.29, 0.717) is 27.8 Å². The smallest absolute Gasteiger partial charge is 0.265 e. The Kier molecular flexibility index (Phi) is 4.82. The molecule has 8 nitrogen and oxygen atoms in total. The summed E-state index contributed by atoms with van der Waals surface area (Å²) in [6.45, 7) is 3.87. The molecule has 1 aliphatic heterocycles. The van der Waals surface area contributed by atoms with Crippen LogP contribution >= 0.6 is 11.8 Å². The first-order valence-corrected chi connectivity index (χ1v) is 10.9. The van der Waals surface area contributed by atoms with E-state index >= 15 is 0 Å². The molecule has 4 heterocycles. The van der Waals surface area contributed by atoms with Crippen molar-refractivity contribution in [2.75, 3.05) is 11.1 Å². The number of fused-ring (bicyclic) bond motifs is 2. The summed E-state index contributed by atoms with van der Waals surface area (Å²) in [5.41, 5.74) is 3.14. The number of pyridine rings is 1. The fourth-order valence-electron chi connectivity index (χ4n) is 3.75. The molecule has 156 valence electrons. The van der Waals surface area contributed by atoms with E-state index in [4.69, 9.17) is 4.98 Å². The van der Waals surface area contributed by atoms with Gasteiger partial charge in [-0.2, -0.15) is 5.10 Å². The zero-order valence-electron chi connectivity index (χ0n) is 17.1. The molecule has 0 aliphatic carbocycles. The second-order valence-electron chi connectivity index (χ2n) is 7.58. The van der Waals surface area contributed by atoms with Crippen LogP contribution in [0.3, 0.4) is 0 Å². The number of rotatable bonds is 4. The van der Waals surface area contributed by atoms with Crippen LogP contribution in [0.1, 0.15) is 23.7 Å². The van der Waals surface area contributed by atoms with Crippen molar-refractivity contribution in [2.45, 2.75) is 31.5 Å². The number of thioether (sulfide) groups is 1. The lowest BCUT2D eigenvalue weighted by atomic mass is 10.2. The Balaban J connectivity index is 1.45. The zero-order chi connectivity index (χ0) is 21.5. The third-order valence-corrected chi connectivity index (χ3v) is 6.29. The summed E-state index contributed by atoms with van der Waals surface area (Å²) in [7, 11) is 0. The Morgan fingerprint density at radius 1 is 1.19 bits per heavy atom. The molecule has 1 N–H and O–H groups in total. The number of carbonyl (C=O) groups is 1. The van der Waals surface area contributed by atoms with Gasteiger partial charge in [0.25, 0.3) is 5.56 Å². The minimum atomic E-state index is -0.267. The van der Waals surface area contributed by atoms with Crippen LogP contribution in [0, 0.1) is 13.8 Å². The largest absolute Gasteiger partial charge is 0.311 e. The second kappa shape index (κ2) is 7.66. The fraction of sp³-hybridized carbons (Fsp3) is 0.227. The molecule has 0 spiro atoms. The van der Waals surface area contributed by atoms with E-state index < -0.39 is 0 Å². The van der Waals surface area contributed by atoms with E-state index in [1.54, 1.807) is 21.5 Å². The standard InChI is InChI=1S/C22H20N6O2S/c1-13-5-3-7-15(9-13)28-20-17(11-23-28)21(30)27-16(12-31-22(27)26-20)10-19(29)25-18-8-4-6-14(2)24-18/h3-9,11,16H,10,12H2,1-2H3,(H,24,25,29)/t16-/m1/s1. The van der Waals surface area contributed by atoms with Gasteiger partial charge in [0, 0.05) is 17.9 Å². The molecule has 1 aromatic carbocycles. The maximum atomic E-state index is 13.2. The summed E-state index contributed by atoms with van der Waals surface area (Å²) >= 11 is 1.48. The van der Waals surface area contributed by atoms with Gasteiger partial charge in [-0.15, -0.1) is 0 Å². The predicted octanol–water partition coefficient (Wildman–Crippen LogP) is 3.27. The molecule has 0 saturated carbocycles. The van der Waals surface area contributed by atoms with Gasteiger partial charge in [0.05, 0.1) is 17.9 Å². The molecule has 31 heavy (non-hydrogen) atoms. The van der Waals surface area contributed by atoms with Crippen LogP contribution in [-0.2, 0) is 4.79 Å². The van der Waals surface area contributed by atoms with Gasteiger partial charge in [-0.1, -0.05) is 30.0 Å². The first-order valence-electron chi connectivity index (χ1n) is 9.93. The van der Waals surface area contributed by atoms with Crippen LogP contribution in [0.4, 0.5) is 5.82 Å². The highest BCUT2D eigenvalue weighted by Gasteiger charge is 2.29. The highest BCUT2D eigenvalue weighted by atomic mass is 32.2. The van der Waals surface area contributed by atoms with Crippen LogP contribution < -0.4 is 10.9 Å². The SMILES string of the molecule is Cc1cccc(-n2ncc3c(=O)n4c(nc32)SC[C@H]4CC(=O)Nc2cccc(C)n2)c1. The van der Waals surface area contributed by atoms with Gasteiger partial charge in [0.1, 0.15) is 11.2 Å². The highest BCUT2D eigenvalue weighted by Crippen LogP contribution is 2.33. The Hall–Kier alpha value is -3.46. The molecule has 4 aromatic rings. The van der Waals surface area contributed by atoms with Crippen LogP contribution in [0.15, 0.2) is 58.6 Å². The Bertz CT molecular complexity index is 1380. The number of aromatic nitrogens is 5. The van der Waals surface area contributed by atoms with Crippen molar-refractivity contribution >= 4 is 34.5 Å². The van der Waals surface area contributed by atoms with Crippen LogP contribution in [0.25, 0.3) is 16.7 Å². The van der Waals surface area contributed by atoms with Crippen LogP contribution in [-0.4, -0.2) is 36.0 Å². The van der Waals surface area contributed by atoms with Gasteiger partial charge in [0.15, 0.2) is 10.8 Å². The van der Waals surface area contributed by atoms with E-state index in [9.17, 15) is 9.59 Å². The Morgan fingerprint density at radius 2 is 2.03 bits per heavy atom. The van der Waals surface area contributed by atoms with E-state index in [1.807, 2.05) is 50.2 Å². The summed E-state index contributed by atoms with van der Waals surface area (Å²) in [6, 6.07) is 13.1. The van der Waals surface area contributed by atoms with Crippen LogP contribution in [0.5, 0.6) is 0 Å². The second-order valence-corrected chi connectivity index (χ2v) is 8.57. The monoisotopic (exact) mass is 432 g/mol. The summed E-state index contributed by atoms with van der Waals surface area (Å²) < 4.78 is 3.31. The Labute approximate surface area is 182 Å². The molecule has 9 heteroatoms. The number of anilines is 1. The van der Waals surface area contributed by atoms with Crippen molar-refractivity contribution in [2.24, 2.45) is 0 Å². The molecule has 3 aromatic heterocycles. The molecule has 5 rings (SSSR count). The van der Waals surface area contributed by atoms with Crippen molar-refractivity contribution < 1.29 is 4.79 Å². The average Bonchev–Trinajstić information content (AvgIpc) is 3.33. The molecule has 1 atom stereocenters. The summed E-state index contributed by atoms with van der Waals surface area (Å²) in [6.07, 6.45) is 1.73. The molecule has 0 fully saturated rings. The fourth-order valence-corrected chi connectivity index (χ4v) is 4.88. The lowest BCUT2D eigenvalue weighted by molar-refractivity contribution is -0.116. The summed E-state index contributed by atoms with van der Waals surface area (Å²) in [4.78, 5) is 34.8. The highest BCUT2D eigenvalue weighted by molar-refractivity contribution is 7.99. The quantitative estimate of drug-likeness (QED) is 0.498. The molecular weight excluding hydrogens is 412 g/mol. The van der Waals surface area contributed by atoms with Gasteiger partial charge in [-0.3, -0.25) is 14.2 Å². The molecule has 0 bridgehead atoms. The maximum Gasteiger partial charge on any atom is 0.265 e. The van der Waals surface area contributed by atoms with Crippen molar-refractivity contribution in [1.82, 2.24) is 24.3 Å². The summed E-state index contributed by atoms with van der Waals surface area (Å²) in [5.74, 6) is 0.941. The average molecular weight is 433 g/mol. The van der Waals surface area contributed by atoms with Gasteiger partial charge in [-0.25, -0.2) is 14.6 Å². The molecule has 1 amide bonds. The van der Waals surface area contributed by atoms with E-state index in [-0.39, 0.29) is 23.9 Å². The number of nitrogens with one attached hydrogen (secondary N) is 1. The number of aryl methyl sites for hydroxylation is 2. The minimum absolute atomic E-state index is 0.171. The van der Waals surface area contributed by atoms with Gasteiger partial charge in [0.2, 0.25) is 5.91 Å². The van der Waals surface area contributed by atoms with Crippen LogP contribution in [0.2, 0.25) is 0 Å². The number of nitrogens with zero attached hydrogens (tertiary/aromatic N) is 5. The lowest BCUT2D eigenvalue weighted by Gasteiger charge is -2.13. The topological polar surface area (TPSA) is 94.7 Å². The van der Waals surface area contributed by atoms with Gasteiger partial charge in [-0.05, 0) is 43.7 Å². The third kappa shape index (κ3) is 3.61. The number of hydrogen-bond donors (Lipinski definition) is 1. The normalized spacial score (nSPS) is 15.2. The van der Waals surface area contributed by atoms with Crippen molar-refractivity contribution in [3.8, 4) is 5.69 Å². The number of hydrogen-bond acceptors (Lipinski definition) is 6. The zero-order valence-corrected chi connectivity index (χ0v) is 17.9. The maximum absolute atomic E-state index is 13.2. The number of carbonyl (C=O) groups excluding carboxylic acids is 1. The first kappa shape index (κ1) is 19.5. The van der Waals surface area contributed by atoms with E-state index in [0.717, 1.165) is 16.9 Å². The molecule has 1 aliphatic rings. The van der Waals surface area contributed by atoms with Crippen molar-refractivity contribution in [3.05, 3.63) is 70.3 Å². The first-order chi connectivity index (χ1) is 15.0. The van der Waals surface area contributed by atoms with E-state index in [1.165, 1.54) is 11.8 Å². The lowest BCUT2D eigenvalue weighted by Crippen LogP contribution is -2.28. The van der Waals surface area contributed by atoms with E-state index in [2.05, 4.69) is 15.4 Å². The van der Waals surface area contributed by atoms with Gasteiger partial charge < -0.3 is 5.32 Å². The Morgan fingerprint density at radius 3 is 2.84 bits per heavy atom. The number of amides is 1. The minimum Gasteiger partial charge on any atom is -0.311 e. The molecular formula is C22H20N6O2S. The van der Waals surface area contributed by atoms with Crippen molar-refractivity contribution in [1.29, 1.82) is 0 Å². The number of benzene rings is 1. The molecule has 0 saturated heterocycles. The molecule has 0 unspecified atom stereocenters. The van der Waals surface area contributed by atoms with Gasteiger partial charge >= 0.3 is 0 Å². The molecule has 0 radical (unpaired) electrons. The third-order valence-electron chi connectivity index (χ3n) is 5.19. The summed E-state index contributed by atoms with van der Waals surface area (Å²) in [5, 5.41) is 8.27.